The van der Waals surface area contributed by atoms with Crippen LogP contribution in [-0.2, 0) is 11.2 Å². The molecule has 1 fully saturated rings. The fourth-order valence-corrected chi connectivity index (χ4v) is 2.97. The first kappa shape index (κ1) is 15.4. The fourth-order valence-electron chi connectivity index (χ4n) is 2.97. The number of benzene rings is 1. The lowest BCUT2D eigenvalue weighted by atomic mass is 10.1. The maximum Gasteiger partial charge on any atom is 0.227 e. The molecule has 0 atom stereocenters. The zero-order chi connectivity index (χ0) is 17.2. The molecule has 3 heterocycles. The number of aromatic hydroxyl groups is 1. The summed E-state index contributed by atoms with van der Waals surface area (Å²) in [6.45, 7) is 2.81. The van der Waals surface area contributed by atoms with E-state index >= 15 is 0 Å². The standard InChI is InChI=1S/C17H18N6O2/c24-14-3-1-13(2-4-14)11-17(25)22-9-7-21(8-10-22)16-6-5-15-19-18-12-23(15)20-16/h1-6,12,24H,7-11H2. The second kappa shape index (κ2) is 6.39. The Balaban J connectivity index is 1.37. The summed E-state index contributed by atoms with van der Waals surface area (Å²) in [6, 6.07) is 10.6. The van der Waals surface area contributed by atoms with E-state index in [-0.39, 0.29) is 11.7 Å². The van der Waals surface area contributed by atoms with Crippen LogP contribution in [0.3, 0.4) is 0 Å². The predicted molar refractivity (Wildman–Crippen MR) is 91.4 cm³/mol. The van der Waals surface area contributed by atoms with Crippen molar-refractivity contribution in [1.29, 1.82) is 0 Å². The lowest BCUT2D eigenvalue weighted by Gasteiger charge is -2.35. The summed E-state index contributed by atoms with van der Waals surface area (Å²) in [5.74, 6) is 1.17. The molecule has 25 heavy (non-hydrogen) atoms. The average molecular weight is 338 g/mol. The van der Waals surface area contributed by atoms with E-state index < -0.39 is 0 Å². The number of nitrogens with zero attached hydrogens (tertiary/aromatic N) is 6. The summed E-state index contributed by atoms with van der Waals surface area (Å²) < 4.78 is 1.65. The molecule has 0 unspecified atom stereocenters. The van der Waals surface area contributed by atoms with Crippen LogP contribution in [0.1, 0.15) is 5.56 Å². The van der Waals surface area contributed by atoms with Crippen LogP contribution in [0.2, 0.25) is 0 Å². The molecule has 0 bridgehead atoms. The van der Waals surface area contributed by atoms with Gasteiger partial charge >= 0.3 is 0 Å². The van der Waals surface area contributed by atoms with Gasteiger partial charge in [-0.15, -0.1) is 15.3 Å². The molecule has 3 aromatic rings. The molecule has 0 radical (unpaired) electrons. The number of amides is 1. The van der Waals surface area contributed by atoms with Crippen molar-refractivity contribution in [3.63, 3.8) is 0 Å². The number of aromatic nitrogens is 4. The summed E-state index contributed by atoms with van der Waals surface area (Å²) >= 11 is 0. The number of hydrogen-bond acceptors (Lipinski definition) is 6. The minimum absolute atomic E-state index is 0.104. The van der Waals surface area contributed by atoms with E-state index in [2.05, 4.69) is 20.2 Å². The number of piperazine rings is 1. The molecule has 1 aliphatic heterocycles. The molecule has 8 nitrogen and oxygen atoms in total. The van der Waals surface area contributed by atoms with E-state index in [0.29, 0.717) is 25.2 Å². The molecule has 4 rings (SSSR count). The Morgan fingerprint density at radius 2 is 1.80 bits per heavy atom. The molecule has 0 spiro atoms. The lowest BCUT2D eigenvalue weighted by Crippen LogP contribution is -2.49. The number of rotatable bonds is 3. The zero-order valence-electron chi connectivity index (χ0n) is 13.6. The van der Waals surface area contributed by atoms with Crippen LogP contribution in [0.4, 0.5) is 5.82 Å². The largest absolute Gasteiger partial charge is 0.508 e. The fraction of sp³-hybridized carbons (Fsp3) is 0.294. The minimum Gasteiger partial charge on any atom is -0.508 e. The maximum absolute atomic E-state index is 12.4. The van der Waals surface area contributed by atoms with Crippen molar-refractivity contribution >= 4 is 17.4 Å². The number of anilines is 1. The molecule has 1 aliphatic rings. The van der Waals surface area contributed by atoms with Crippen LogP contribution in [0.25, 0.3) is 5.65 Å². The van der Waals surface area contributed by atoms with Gasteiger partial charge in [-0.05, 0) is 29.8 Å². The molecule has 1 saturated heterocycles. The molecule has 128 valence electrons. The highest BCUT2D eigenvalue weighted by molar-refractivity contribution is 5.79. The van der Waals surface area contributed by atoms with Crippen LogP contribution in [0.15, 0.2) is 42.7 Å². The molecule has 1 amide bonds. The highest BCUT2D eigenvalue weighted by atomic mass is 16.3. The van der Waals surface area contributed by atoms with Gasteiger partial charge in [0, 0.05) is 26.2 Å². The SMILES string of the molecule is O=C(Cc1ccc(O)cc1)N1CCN(c2ccc3nncn3n2)CC1. The van der Waals surface area contributed by atoms with E-state index in [1.54, 1.807) is 35.1 Å². The summed E-state index contributed by atoms with van der Waals surface area (Å²) in [5.41, 5.74) is 1.62. The van der Waals surface area contributed by atoms with Crippen LogP contribution in [0.5, 0.6) is 5.75 Å². The Hall–Kier alpha value is -3.16. The lowest BCUT2D eigenvalue weighted by molar-refractivity contribution is -0.130. The zero-order valence-corrected chi connectivity index (χ0v) is 13.6. The van der Waals surface area contributed by atoms with Crippen LogP contribution in [0, 0.1) is 0 Å². The molecule has 0 aliphatic carbocycles. The third-order valence-corrected chi connectivity index (χ3v) is 4.40. The van der Waals surface area contributed by atoms with E-state index in [9.17, 15) is 9.90 Å². The quantitative estimate of drug-likeness (QED) is 0.757. The predicted octanol–water partition coefficient (Wildman–Crippen LogP) is 0.721. The van der Waals surface area contributed by atoms with Crippen molar-refractivity contribution in [2.24, 2.45) is 0 Å². The van der Waals surface area contributed by atoms with E-state index in [1.807, 2.05) is 17.0 Å². The van der Waals surface area contributed by atoms with Gasteiger partial charge in [0.2, 0.25) is 5.91 Å². The second-order valence-corrected chi connectivity index (χ2v) is 6.04. The number of fused-ring (bicyclic) bond motifs is 1. The molecule has 1 aromatic carbocycles. The molecule has 1 N–H and O–H groups in total. The van der Waals surface area contributed by atoms with E-state index in [0.717, 1.165) is 24.5 Å². The summed E-state index contributed by atoms with van der Waals surface area (Å²) in [6.07, 6.45) is 1.93. The topological polar surface area (TPSA) is 86.9 Å². The number of phenolic OH excluding ortho intramolecular Hbond substituents is 1. The first-order valence-corrected chi connectivity index (χ1v) is 8.17. The van der Waals surface area contributed by atoms with Crippen molar-refractivity contribution in [3.05, 3.63) is 48.3 Å². The van der Waals surface area contributed by atoms with Crippen molar-refractivity contribution in [1.82, 2.24) is 24.7 Å². The highest BCUT2D eigenvalue weighted by Crippen LogP contribution is 2.15. The third-order valence-electron chi connectivity index (χ3n) is 4.40. The monoisotopic (exact) mass is 338 g/mol. The van der Waals surface area contributed by atoms with Gasteiger partial charge in [-0.1, -0.05) is 12.1 Å². The summed E-state index contributed by atoms with van der Waals surface area (Å²) in [5, 5.41) is 21.6. The number of carbonyl (C=O) groups excluding carboxylic acids is 1. The van der Waals surface area contributed by atoms with Gasteiger partial charge in [-0.3, -0.25) is 4.79 Å². The van der Waals surface area contributed by atoms with Crippen LogP contribution >= 0.6 is 0 Å². The Labute approximate surface area is 144 Å². The Morgan fingerprint density at radius 1 is 1.04 bits per heavy atom. The summed E-state index contributed by atoms with van der Waals surface area (Å²) in [7, 11) is 0. The Kier molecular flexibility index (Phi) is 3.93. The first-order valence-electron chi connectivity index (χ1n) is 8.17. The molecule has 0 saturated carbocycles. The van der Waals surface area contributed by atoms with Crippen molar-refractivity contribution < 1.29 is 9.90 Å². The molecular weight excluding hydrogens is 320 g/mol. The van der Waals surface area contributed by atoms with Gasteiger partial charge < -0.3 is 14.9 Å². The second-order valence-electron chi connectivity index (χ2n) is 6.04. The average Bonchev–Trinajstić information content (AvgIpc) is 3.11. The minimum atomic E-state index is 0.104. The van der Waals surface area contributed by atoms with Gasteiger partial charge in [0.1, 0.15) is 17.9 Å². The van der Waals surface area contributed by atoms with Crippen molar-refractivity contribution in [3.8, 4) is 5.75 Å². The van der Waals surface area contributed by atoms with E-state index in [1.165, 1.54) is 0 Å². The van der Waals surface area contributed by atoms with Gasteiger partial charge in [0.25, 0.3) is 0 Å². The Bertz CT molecular complexity index is 884. The van der Waals surface area contributed by atoms with Crippen molar-refractivity contribution in [2.75, 3.05) is 31.1 Å². The van der Waals surface area contributed by atoms with Gasteiger partial charge in [0.15, 0.2) is 5.65 Å². The number of phenols is 1. The normalized spacial score (nSPS) is 14.9. The van der Waals surface area contributed by atoms with Gasteiger partial charge in [-0.25, -0.2) is 0 Å². The van der Waals surface area contributed by atoms with Crippen LogP contribution in [-0.4, -0.2) is 61.9 Å². The first-order chi connectivity index (χ1) is 12.2. The number of hydrogen-bond donors (Lipinski definition) is 1. The molecule has 2 aromatic heterocycles. The maximum atomic E-state index is 12.4. The van der Waals surface area contributed by atoms with Gasteiger partial charge in [0.05, 0.1) is 6.42 Å². The third kappa shape index (κ3) is 3.23. The smallest absolute Gasteiger partial charge is 0.227 e. The highest BCUT2D eigenvalue weighted by Gasteiger charge is 2.22. The summed E-state index contributed by atoms with van der Waals surface area (Å²) in [4.78, 5) is 16.5. The number of carbonyl (C=O) groups is 1. The van der Waals surface area contributed by atoms with Gasteiger partial charge in [-0.2, -0.15) is 4.52 Å². The molecular formula is C17H18N6O2. The molecule has 8 heteroatoms. The van der Waals surface area contributed by atoms with Crippen LogP contribution < -0.4 is 4.90 Å². The Morgan fingerprint density at radius 3 is 2.56 bits per heavy atom. The van der Waals surface area contributed by atoms with E-state index in [4.69, 9.17) is 0 Å². The van der Waals surface area contributed by atoms with Crippen molar-refractivity contribution in [2.45, 2.75) is 6.42 Å².